The van der Waals surface area contributed by atoms with Gasteiger partial charge in [-0.1, -0.05) is 0 Å². The molecule has 0 aromatic heterocycles. The maximum absolute atomic E-state index is 5.70. The van der Waals surface area contributed by atoms with E-state index in [0.717, 1.165) is 6.54 Å². The summed E-state index contributed by atoms with van der Waals surface area (Å²) in [5.41, 5.74) is 0. The average molecular weight is 155 g/mol. The fourth-order valence-electron chi connectivity index (χ4n) is 2.40. The van der Waals surface area contributed by atoms with Crippen molar-refractivity contribution in [2.45, 2.75) is 51.5 Å². The minimum absolute atomic E-state index is 0.469. The van der Waals surface area contributed by atoms with Crippen LogP contribution in [0, 0.1) is 0 Å². The van der Waals surface area contributed by atoms with E-state index in [4.69, 9.17) is 4.74 Å². The summed E-state index contributed by atoms with van der Waals surface area (Å²) in [4.78, 5) is 2.57. The van der Waals surface area contributed by atoms with Crippen LogP contribution in [0.15, 0.2) is 0 Å². The molecule has 2 bridgehead atoms. The molecular formula is C9H17NO. The molecule has 0 radical (unpaired) electrons. The minimum atomic E-state index is 0.469. The molecule has 0 spiro atoms. The van der Waals surface area contributed by atoms with Crippen LogP contribution in [-0.4, -0.2) is 35.7 Å². The topological polar surface area (TPSA) is 12.5 Å². The summed E-state index contributed by atoms with van der Waals surface area (Å²) < 4.78 is 5.70. The van der Waals surface area contributed by atoms with E-state index in [2.05, 4.69) is 25.7 Å². The quantitative estimate of drug-likeness (QED) is 0.565. The lowest BCUT2D eigenvalue weighted by atomic mass is 10.1. The first-order valence-corrected chi connectivity index (χ1v) is 4.59. The molecule has 2 heterocycles. The summed E-state index contributed by atoms with van der Waals surface area (Å²) in [6, 6.07) is 1.40. The SMILES string of the molecule is CC1OC2C[C@@H]1N(C(C)C)C2. The van der Waals surface area contributed by atoms with Crippen LogP contribution in [0.5, 0.6) is 0 Å². The lowest BCUT2D eigenvalue weighted by Gasteiger charge is -2.34. The maximum Gasteiger partial charge on any atom is 0.0722 e. The number of nitrogens with zero attached hydrogens (tertiary/aromatic N) is 1. The van der Waals surface area contributed by atoms with E-state index in [1.807, 2.05) is 0 Å². The Hall–Kier alpha value is -0.0800. The number of hydrogen-bond acceptors (Lipinski definition) is 2. The van der Waals surface area contributed by atoms with Crippen LogP contribution in [-0.2, 0) is 4.74 Å². The molecule has 0 saturated carbocycles. The lowest BCUT2D eigenvalue weighted by molar-refractivity contribution is -0.0337. The van der Waals surface area contributed by atoms with Crippen LogP contribution in [0.1, 0.15) is 27.2 Å². The molecular weight excluding hydrogens is 138 g/mol. The van der Waals surface area contributed by atoms with Crippen molar-refractivity contribution >= 4 is 0 Å². The highest BCUT2D eigenvalue weighted by molar-refractivity contribution is 4.97. The van der Waals surface area contributed by atoms with Crippen LogP contribution in [0.4, 0.5) is 0 Å². The Morgan fingerprint density at radius 3 is 2.55 bits per heavy atom. The van der Waals surface area contributed by atoms with Gasteiger partial charge in [0, 0.05) is 18.6 Å². The number of ether oxygens (including phenoxy) is 1. The van der Waals surface area contributed by atoms with Crippen molar-refractivity contribution < 1.29 is 4.74 Å². The molecule has 2 aliphatic heterocycles. The molecule has 0 aromatic rings. The van der Waals surface area contributed by atoms with E-state index in [9.17, 15) is 0 Å². The van der Waals surface area contributed by atoms with Gasteiger partial charge in [-0.25, -0.2) is 0 Å². The van der Waals surface area contributed by atoms with Gasteiger partial charge in [-0.15, -0.1) is 0 Å². The molecule has 2 aliphatic rings. The van der Waals surface area contributed by atoms with Gasteiger partial charge in [0.1, 0.15) is 0 Å². The summed E-state index contributed by atoms with van der Waals surface area (Å²) in [5.74, 6) is 0. The normalized spacial score (nSPS) is 44.2. The van der Waals surface area contributed by atoms with E-state index in [1.54, 1.807) is 0 Å². The van der Waals surface area contributed by atoms with Gasteiger partial charge in [0.2, 0.25) is 0 Å². The van der Waals surface area contributed by atoms with Gasteiger partial charge in [-0.05, 0) is 27.2 Å². The third kappa shape index (κ3) is 1.09. The van der Waals surface area contributed by atoms with Gasteiger partial charge in [0.15, 0.2) is 0 Å². The number of likely N-dealkylation sites (tertiary alicyclic amines) is 1. The highest BCUT2D eigenvalue weighted by atomic mass is 16.5. The van der Waals surface area contributed by atoms with Crippen molar-refractivity contribution in [3.8, 4) is 0 Å². The van der Waals surface area contributed by atoms with Crippen molar-refractivity contribution in [1.29, 1.82) is 0 Å². The van der Waals surface area contributed by atoms with E-state index in [0.29, 0.717) is 24.3 Å². The molecule has 0 amide bonds. The Labute approximate surface area is 68.5 Å². The lowest BCUT2D eigenvalue weighted by Crippen LogP contribution is -2.45. The summed E-state index contributed by atoms with van der Waals surface area (Å²) in [6.07, 6.45) is 2.27. The third-order valence-corrected chi connectivity index (χ3v) is 2.96. The predicted octanol–water partition coefficient (Wildman–Crippen LogP) is 1.26. The van der Waals surface area contributed by atoms with Crippen LogP contribution in [0.2, 0.25) is 0 Å². The Balaban J connectivity index is 2.06. The van der Waals surface area contributed by atoms with Gasteiger partial charge >= 0.3 is 0 Å². The Kier molecular flexibility index (Phi) is 1.69. The zero-order valence-electron chi connectivity index (χ0n) is 7.58. The van der Waals surface area contributed by atoms with E-state index >= 15 is 0 Å². The zero-order chi connectivity index (χ0) is 8.01. The monoisotopic (exact) mass is 155 g/mol. The van der Waals surface area contributed by atoms with Crippen molar-refractivity contribution in [2.24, 2.45) is 0 Å². The van der Waals surface area contributed by atoms with Crippen LogP contribution < -0.4 is 0 Å². The van der Waals surface area contributed by atoms with Crippen LogP contribution >= 0.6 is 0 Å². The molecule has 2 nitrogen and oxygen atoms in total. The summed E-state index contributed by atoms with van der Waals surface area (Å²) >= 11 is 0. The average Bonchev–Trinajstić information content (AvgIpc) is 2.43. The summed E-state index contributed by atoms with van der Waals surface area (Å²) in [6.45, 7) is 7.90. The fourth-order valence-corrected chi connectivity index (χ4v) is 2.40. The number of fused-ring (bicyclic) bond motifs is 2. The first kappa shape index (κ1) is 7.56. The van der Waals surface area contributed by atoms with E-state index in [1.165, 1.54) is 6.42 Å². The molecule has 2 saturated heterocycles. The highest BCUT2D eigenvalue weighted by Crippen LogP contribution is 2.33. The molecule has 11 heavy (non-hydrogen) atoms. The highest BCUT2D eigenvalue weighted by Gasteiger charge is 2.44. The maximum atomic E-state index is 5.70. The fraction of sp³-hybridized carbons (Fsp3) is 1.00. The summed E-state index contributed by atoms with van der Waals surface area (Å²) in [5, 5.41) is 0. The van der Waals surface area contributed by atoms with Gasteiger partial charge in [0.25, 0.3) is 0 Å². The Bertz CT molecular complexity index is 158. The van der Waals surface area contributed by atoms with E-state index in [-0.39, 0.29) is 0 Å². The first-order valence-electron chi connectivity index (χ1n) is 4.59. The van der Waals surface area contributed by atoms with Crippen molar-refractivity contribution in [2.75, 3.05) is 6.54 Å². The van der Waals surface area contributed by atoms with Crippen LogP contribution in [0.3, 0.4) is 0 Å². The number of morpholine rings is 1. The second kappa shape index (κ2) is 2.46. The third-order valence-electron chi connectivity index (χ3n) is 2.96. The Morgan fingerprint density at radius 2 is 2.18 bits per heavy atom. The number of rotatable bonds is 1. The van der Waals surface area contributed by atoms with Gasteiger partial charge in [0.05, 0.1) is 12.2 Å². The molecule has 3 atom stereocenters. The van der Waals surface area contributed by atoms with Gasteiger partial charge in [-0.2, -0.15) is 0 Å². The molecule has 0 aliphatic carbocycles. The van der Waals surface area contributed by atoms with Crippen LogP contribution in [0.25, 0.3) is 0 Å². The number of hydrogen-bond donors (Lipinski definition) is 0. The molecule has 2 heteroatoms. The standard InChI is InChI=1S/C9H17NO/c1-6(2)10-5-8-4-9(10)7(3)11-8/h6-9H,4-5H2,1-3H3/t7?,8?,9-/m0/s1. The minimum Gasteiger partial charge on any atom is -0.372 e. The molecule has 64 valence electrons. The summed E-state index contributed by atoms with van der Waals surface area (Å²) in [7, 11) is 0. The molecule has 2 unspecified atom stereocenters. The first-order chi connectivity index (χ1) is 5.18. The van der Waals surface area contributed by atoms with Gasteiger partial charge < -0.3 is 4.74 Å². The molecule has 2 fully saturated rings. The molecule has 0 aromatic carbocycles. The van der Waals surface area contributed by atoms with Gasteiger partial charge in [-0.3, -0.25) is 4.90 Å². The van der Waals surface area contributed by atoms with Crippen molar-refractivity contribution in [3.05, 3.63) is 0 Å². The second-order valence-electron chi connectivity index (χ2n) is 4.06. The van der Waals surface area contributed by atoms with Crippen molar-refractivity contribution in [1.82, 2.24) is 4.90 Å². The van der Waals surface area contributed by atoms with E-state index < -0.39 is 0 Å². The molecule has 0 N–H and O–H groups in total. The zero-order valence-corrected chi connectivity index (χ0v) is 7.58. The predicted molar refractivity (Wildman–Crippen MR) is 44.6 cm³/mol. The molecule has 2 rings (SSSR count). The Morgan fingerprint density at radius 1 is 1.45 bits per heavy atom. The largest absolute Gasteiger partial charge is 0.372 e. The van der Waals surface area contributed by atoms with Crippen molar-refractivity contribution in [3.63, 3.8) is 0 Å². The smallest absolute Gasteiger partial charge is 0.0722 e. The second-order valence-corrected chi connectivity index (χ2v) is 4.06.